The maximum Gasteiger partial charge on any atom is 0.161 e. The van der Waals surface area contributed by atoms with E-state index in [0.717, 1.165) is 50.3 Å². The van der Waals surface area contributed by atoms with Crippen molar-refractivity contribution in [2.24, 2.45) is 0 Å². The standard InChI is InChI=1S/C77H51N3/c1-4-19-50(20-5-1)53-25-16-27-55(41-53)61-43-60(51-21-6-2-7-22-51)44-62(45-61)65-32-11-10-30-63(65)56-36-38-68-71(46-56)75-66-33-13-14-34-67(66)76(68)72-47-57(37-39-69(72)75)64-31-12-15-35-70(64)77-79-73(52-23-8-3-9-24-52)48-74(80-77)58-28-17-26-54(42-58)59-29-18-40-78-49-59/h1-49,75-76H. The number of aromatic nitrogens is 3. The van der Waals surface area contributed by atoms with Crippen LogP contribution in [0.4, 0.5) is 0 Å². The molecule has 3 aliphatic carbocycles. The van der Waals surface area contributed by atoms with Gasteiger partial charge in [-0.15, -0.1) is 0 Å². The van der Waals surface area contributed by atoms with E-state index in [9.17, 15) is 0 Å². The first kappa shape index (κ1) is 46.9. The highest BCUT2D eigenvalue weighted by molar-refractivity contribution is 5.91. The normalized spacial score (nSPS) is 13.8. The van der Waals surface area contributed by atoms with Crippen molar-refractivity contribution in [2.45, 2.75) is 11.8 Å². The van der Waals surface area contributed by atoms with Gasteiger partial charge in [-0.3, -0.25) is 4.98 Å². The molecular formula is C77H51N3. The van der Waals surface area contributed by atoms with Crippen molar-refractivity contribution in [1.82, 2.24) is 15.0 Å². The smallest absolute Gasteiger partial charge is 0.161 e. The second-order valence-corrected chi connectivity index (χ2v) is 21.0. The van der Waals surface area contributed by atoms with Gasteiger partial charge in [0.15, 0.2) is 5.82 Å². The van der Waals surface area contributed by atoms with Crippen LogP contribution in [0.2, 0.25) is 0 Å². The number of hydrogen-bond donors (Lipinski definition) is 0. The molecule has 3 heteroatoms. The molecular weight excluding hydrogens is 967 g/mol. The molecule has 0 aliphatic heterocycles. The van der Waals surface area contributed by atoms with Crippen LogP contribution >= 0.6 is 0 Å². The predicted molar refractivity (Wildman–Crippen MR) is 329 cm³/mol. The van der Waals surface area contributed by atoms with Crippen LogP contribution in [0.1, 0.15) is 45.2 Å². The first-order valence-electron chi connectivity index (χ1n) is 27.5. The molecule has 13 aromatic rings. The lowest BCUT2D eigenvalue weighted by atomic mass is 9.60. The Balaban J connectivity index is 0.822. The van der Waals surface area contributed by atoms with E-state index in [2.05, 4.69) is 278 Å². The Morgan fingerprint density at radius 2 is 0.600 bits per heavy atom. The topological polar surface area (TPSA) is 38.7 Å². The molecule has 2 atom stereocenters. The summed E-state index contributed by atoms with van der Waals surface area (Å²) in [6.07, 6.45) is 3.72. The maximum atomic E-state index is 5.39. The summed E-state index contributed by atoms with van der Waals surface area (Å²) in [5.41, 5.74) is 29.4. The number of nitrogens with zero attached hydrogens (tertiary/aromatic N) is 3. The number of benzene rings is 11. The zero-order valence-electron chi connectivity index (χ0n) is 43.8. The highest BCUT2D eigenvalue weighted by Gasteiger charge is 2.41. The summed E-state index contributed by atoms with van der Waals surface area (Å²) in [4.78, 5) is 15.1. The Bertz CT molecular complexity index is 4180. The Kier molecular flexibility index (Phi) is 11.7. The average Bonchev–Trinajstić information content (AvgIpc) is 3.69. The average molecular weight is 1020 g/mol. The van der Waals surface area contributed by atoms with E-state index in [1.807, 2.05) is 24.5 Å². The van der Waals surface area contributed by atoms with E-state index in [1.54, 1.807) is 0 Å². The molecule has 11 aromatic carbocycles. The van der Waals surface area contributed by atoms with E-state index >= 15 is 0 Å². The van der Waals surface area contributed by atoms with Crippen LogP contribution in [0.25, 0.3) is 112 Å². The van der Waals surface area contributed by atoms with Gasteiger partial charge in [0, 0.05) is 46.5 Å². The molecule has 0 amide bonds. The van der Waals surface area contributed by atoms with E-state index in [-0.39, 0.29) is 11.8 Å². The number of rotatable bonds is 10. The summed E-state index contributed by atoms with van der Waals surface area (Å²) in [6.45, 7) is 0. The molecule has 2 unspecified atom stereocenters. The van der Waals surface area contributed by atoms with Gasteiger partial charge in [0.05, 0.1) is 11.4 Å². The molecule has 3 aliphatic rings. The summed E-state index contributed by atoms with van der Waals surface area (Å²) < 4.78 is 0. The van der Waals surface area contributed by atoms with Gasteiger partial charge in [0.25, 0.3) is 0 Å². The molecule has 0 spiro atoms. The highest BCUT2D eigenvalue weighted by Crippen LogP contribution is 2.57. The SMILES string of the molecule is c1ccc(-c2cccc(-c3cc(-c4ccccc4)cc(-c4ccccc4-c4ccc5c(c4)C4c6ccccc6C5c5cc(-c6ccccc6-c6nc(-c7ccccc7)cc(-c7cccc(-c8cccnc8)c7)n6)ccc54)c3)c2)cc1. The first-order valence-corrected chi connectivity index (χ1v) is 27.5. The Hall–Kier alpha value is -10.4. The van der Waals surface area contributed by atoms with Crippen molar-refractivity contribution in [3.63, 3.8) is 0 Å². The minimum absolute atomic E-state index is 0.0747. The number of pyridine rings is 1. The van der Waals surface area contributed by atoms with Crippen LogP contribution in [0.15, 0.2) is 298 Å². The fourth-order valence-electron chi connectivity index (χ4n) is 12.6. The van der Waals surface area contributed by atoms with E-state index in [1.165, 1.54) is 89.0 Å². The third-order valence-electron chi connectivity index (χ3n) is 16.4. The molecule has 0 saturated heterocycles. The van der Waals surface area contributed by atoms with Crippen molar-refractivity contribution in [2.75, 3.05) is 0 Å². The Labute approximate surface area is 466 Å². The molecule has 2 bridgehead atoms. The summed E-state index contributed by atoms with van der Waals surface area (Å²) in [7, 11) is 0. The molecule has 80 heavy (non-hydrogen) atoms. The fourth-order valence-corrected chi connectivity index (χ4v) is 12.6. The molecule has 0 radical (unpaired) electrons. The number of hydrogen-bond acceptors (Lipinski definition) is 3. The van der Waals surface area contributed by atoms with Crippen LogP contribution in [0.5, 0.6) is 0 Å². The molecule has 2 heterocycles. The third kappa shape index (κ3) is 8.44. The summed E-state index contributed by atoms with van der Waals surface area (Å²) >= 11 is 0. The van der Waals surface area contributed by atoms with Crippen molar-refractivity contribution in [3.8, 4) is 112 Å². The van der Waals surface area contributed by atoms with Crippen molar-refractivity contribution < 1.29 is 0 Å². The van der Waals surface area contributed by atoms with Crippen LogP contribution < -0.4 is 0 Å². The molecule has 374 valence electrons. The third-order valence-corrected chi connectivity index (χ3v) is 16.4. The zero-order chi connectivity index (χ0) is 52.9. The van der Waals surface area contributed by atoms with Crippen LogP contribution in [0, 0.1) is 0 Å². The minimum atomic E-state index is 0.0747. The van der Waals surface area contributed by atoms with Crippen LogP contribution in [-0.2, 0) is 0 Å². The highest BCUT2D eigenvalue weighted by atomic mass is 14.9. The summed E-state index contributed by atoms with van der Waals surface area (Å²) in [6, 6.07) is 104. The van der Waals surface area contributed by atoms with Gasteiger partial charge in [0.2, 0.25) is 0 Å². The van der Waals surface area contributed by atoms with Crippen LogP contribution in [0.3, 0.4) is 0 Å². The molecule has 2 aromatic heterocycles. The van der Waals surface area contributed by atoms with Crippen molar-refractivity contribution >= 4 is 0 Å². The fraction of sp³-hybridized carbons (Fsp3) is 0.0260. The second-order valence-electron chi connectivity index (χ2n) is 21.0. The van der Waals surface area contributed by atoms with Crippen molar-refractivity contribution in [3.05, 3.63) is 331 Å². The minimum Gasteiger partial charge on any atom is -0.264 e. The predicted octanol–water partition coefficient (Wildman–Crippen LogP) is 19.5. The monoisotopic (exact) mass is 1020 g/mol. The first-order chi connectivity index (χ1) is 39.6. The van der Waals surface area contributed by atoms with Gasteiger partial charge in [-0.25, -0.2) is 9.97 Å². The lowest BCUT2D eigenvalue weighted by Crippen LogP contribution is -2.27. The van der Waals surface area contributed by atoms with Crippen molar-refractivity contribution in [1.29, 1.82) is 0 Å². The zero-order valence-corrected chi connectivity index (χ0v) is 43.8. The van der Waals surface area contributed by atoms with E-state index < -0.39 is 0 Å². The Morgan fingerprint density at radius 3 is 1.19 bits per heavy atom. The summed E-state index contributed by atoms with van der Waals surface area (Å²) in [5, 5.41) is 0. The molecule has 16 rings (SSSR count). The van der Waals surface area contributed by atoms with E-state index in [0.29, 0.717) is 5.82 Å². The largest absolute Gasteiger partial charge is 0.264 e. The maximum absolute atomic E-state index is 5.39. The second kappa shape index (κ2) is 19.9. The van der Waals surface area contributed by atoms with E-state index in [4.69, 9.17) is 9.97 Å². The summed E-state index contributed by atoms with van der Waals surface area (Å²) in [5.74, 6) is 0.843. The molecule has 0 fully saturated rings. The lowest BCUT2D eigenvalue weighted by Gasteiger charge is -2.42. The van der Waals surface area contributed by atoms with Gasteiger partial charge in [0.1, 0.15) is 0 Å². The van der Waals surface area contributed by atoms with Gasteiger partial charge < -0.3 is 0 Å². The molecule has 3 nitrogen and oxygen atoms in total. The van der Waals surface area contributed by atoms with Gasteiger partial charge in [-0.1, -0.05) is 231 Å². The quantitative estimate of drug-likeness (QED) is 0.137. The van der Waals surface area contributed by atoms with Gasteiger partial charge in [-0.05, 0) is 160 Å². The molecule has 0 N–H and O–H groups in total. The van der Waals surface area contributed by atoms with Crippen LogP contribution in [-0.4, -0.2) is 15.0 Å². The Morgan fingerprint density at radius 1 is 0.212 bits per heavy atom. The molecule has 0 saturated carbocycles. The van der Waals surface area contributed by atoms with Gasteiger partial charge >= 0.3 is 0 Å². The van der Waals surface area contributed by atoms with Gasteiger partial charge in [-0.2, -0.15) is 0 Å². The lowest BCUT2D eigenvalue weighted by molar-refractivity contribution is 0.755.